The molecule has 0 unspecified atom stereocenters. The van der Waals surface area contributed by atoms with Gasteiger partial charge in [0, 0.05) is 0 Å². The summed E-state index contributed by atoms with van der Waals surface area (Å²) in [4.78, 5) is 2.56. The Kier molecular flexibility index (Phi) is 9.03. The predicted molar refractivity (Wildman–Crippen MR) is 165 cm³/mol. The van der Waals surface area contributed by atoms with E-state index in [4.69, 9.17) is 18.1 Å². The highest BCUT2D eigenvalue weighted by Gasteiger charge is 2.43. The van der Waals surface area contributed by atoms with E-state index >= 15 is 0 Å². The van der Waals surface area contributed by atoms with E-state index in [0.717, 1.165) is 44.5 Å². The molecule has 9 heteroatoms. The summed E-state index contributed by atoms with van der Waals surface area (Å²) in [5.74, 6) is 1.10. The van der Waals surface area contributed by atoms with Gasteiger partial charge in [-0.3, -0.25) is 0 Å². The van der Waals surface area contributed by atoms with Gasteiger partial charge >= 0.3 is 15.5 Å². The van der Waals surface area contributed by atoms with E-state index in [0.29, 0.717) is 0 Å². The van der Waals surface area contributed by atoms with Crippen molar-refractivity contribution in [3.8, 4) is 23.0 Å². The normalized spacial score (nSPS) is 11.7. The van der Waals surface area contributed by atoms with Crippen molar-refractivity contribution in [1.82, 2.24) is 4.86 Å². The van der Waals surface area contributed by atoms with Gasteiger partial charge in [0.15, 0.2) is 0 Å². The summed E-state index contributed by atoms with van der Waals surface area (Å²) >= 11 is 0. The predicted octanol–water partition coefficient (Wildman–Crippen LogP) is 9.58. The molecule has 4 aromatic rings. The van der Waals surface area contributed by atoms with Crippen LogP contribution in [0, 0.1) is 55.4 Å². The number of nitrogens with one attached hydrogen (secondary N) is 1. The molecule has 0 aliphatic rings. The Bertz CT molecular complexity index is 1450. The molecular weight excluding hydrogens is 556 g/mol. The van der Waals surface area contributed by atoms with E-state index in [1.807, 2.05) is 79.7 Å². The molecule has 0 radical (unpaired) electrons. The van der Waals surface area contributed by atoms with E-state index < -0.39 is 15.5 Å². The Morgan fingerprint density at radius 3 is 0.805 bits per heavy atom. The average Bonchev–Trinajstić information content (AvgIpc) is 2.88. The van der Waals surface area contributed by atoms with Crippen LogP contribution in [0.4, 0.5) is 0 Å². The molecule has 0 saturated carbocycles. The third-order valence-electron chi connectivity index (χ3n) is 7.06. The fraction of sp³-hybridized carbons (Fsp3) is 0.250. The van der Waals surface area contributed by atoms with E-state index in [-0.39, 0.29) is 23.0 Å². The molecule has 0 amide bonds. The van der Waals surface area contributed by atoms with Gasteiger partial charge in [0.1, 0.15) is 23.0 Å². The van der Waals surface area contributed by atoms with Crippen molar-refractivity contribution in [3.63, 3.8) is 0 Å². The third-order valence-corrected chi connectivity index (χ3v) is 10.8. The topological polar surface area (TPSA) is 83.1 Å². The largest absolute Gasteiger partial charge is 0.524 e. The summed E-state index contributed by atoms with van der Waals surface area (Å²) in [6, 6.07) is 21.1. The van der Waals surface area contributed by atoms with Crippen LogP contribution in [0.2, 0.25) is 0 Å². The minimum absolute atomic E-state index is 0.275. The maximum Gasteiger partial charge on any atom is 0.524 e. The summed E-state index contributed by atoms with van der Waals surface area (Å²) in [5.41, 5.74) is 7.88. The third kappa shape index (κ3) is 7.83. The summed E-state index contributed by atoms with van der Waals surface area (Å²) in [7, 11) is -8.87. The monoisotopic (exact) mass is 593 g/mol. The molecule has 0 aliphatic carbocycles. The quantitative estimate of drug-likeness (QED) is 0.183. The van der Waals surface area contributed by atoms with Crippen LogP contribution < -0.4 is 23.0 Å². The van der Waals surface area contributed by atoms with E-state index in [9.17, 15) is 9.13 Å². The molecule has 41 heavy (non-hydrogen) atoms. The van der Waals surface area contributed by atoms with Crippen molar-refractivity contribution < 1.29 is 27.2 Å². The van der Waals surface area contributed by atoms with E-state index in [2.05, 4.69) is 4.86 Å². The molecule has 216 valence electrons. The lowest BCUT2D eigenvalue weighted by Crippen LogP contribution is -2.22. The zero-order valence-electron chi connectivity index (χ0n) is 24.8. The maximum atomic E-state index is 14.5. The second-order valence-electron chi connectivity index (χ2n) is 10.4. The van der Waals surface area contributed by atoms with Crippen LogP contribution in [-0.4, -0.2) is 0 Å². The van der Waals surface area contributed by atoms with Crippen LogP contribution in [0.5, 0.6) is 23.0 Å². The number of hydrogen-bond acceptors (Lipinski definition) is 6. The zero-order chi connectivity index (χ0) is 29.9. The van der Waals surface area contributed by atoms with Crippen molar-refractivity contribution in [2.75, 3.05) is 0 Å². The highest BCUT2D eigenvalue weighted by molar-refractivity contribution is 7.68. The van der Waals surface area contributed by atoms with Crippen LogP contribution >= 0.6 is 15.5 Å². The Morgan fingerprint density at radius 2 is 0.610 bits per heavy atom. The number of aryl methyl sites for hydroxylation is 8. The average molecular weight is 594 g/mol. The van der Waals surface area contributed by atoms with Crippen molar-refractivity contribution in [2.45, 2.75) is 55.4 Å². The molecule has 0 spiro atoms. The summed E-state index contributed by atoms with van der Waals surface area (Å²) in [6.07, 6.45) is 0. The minimum atomic E-state index is -4.43. The molecule has 0 aliphatic heterocycles. The molecule has 0 saturated heterocycles. The fourth-order valence-corrected chi connectivity index (χ4v) is 7.40. The SMILES string of the molecule is Cc1ccc(OP(=O)(NP(=O)(Oc2ccc(C)c(C)c2)Oc2ccc(C)c(C)c2)Oc2ccc(C)c(C)c2)cc1C. The van der Waals surface area contributed by atoms with Crippen LogP contribution in [0.3, 0.4) is 0 Å². The second-order valence-corrected chi connectivity index (χ2v) is 14.0. The lowest BCUT2D eigenvalue weighted by atomic mass is 10.1. The van der Waals surface area contributed by atoms with Gasteiger partial charge in [0.2, 0.25) is 0 Å². The van der Waals surface area contributed by atoms with Gasteiger partial charge in [-0.05, 0) is 148 Å². The molecule has 0 fully saturated rings. The molecule has 4 aromatic carbocycles. The van der Waals surface area contributed by atoms with Gasteiger partial charge in [0.25, 0.3) is 0 Å². The first-order valence-corrected chi connectivity index (χ1v) is 16.4. The Morgan fingerprint density at radius 1 is 0.390 bits per heavy atom. The van der Waals surface area contributed by atoms with Crippen molar-refractivity contribution in [1.29, 1.82) is 0 Å². The van der Waals surface area contributed by atoms with Crippen molar-refractivity contribution in [3.05, 3.63) is 117 Å². The van der Waals surface area contributed by atoms with Crippen LogP contribution in [0.15, 0.2) is 72.8 Å². The summed E-state index contributed by atoms with van der Waals surface area (Å²) in [5, 5.41) is 0. The molecule has 0 aromatic heterocycles. The lowest BCUT2D eigenvalue weighted by Gasteiger charge is -2.26. The molecule has 4 rings (SSSR count). The van der Waals surface area contributed by atoms with Gasteiger partial charge in [0.05, 0.1) is 0 Å². The second kappa shape index (κ2) is 12.2. The first-order chi connectivity index (χ1) is 19.2. The van der Waals surface area contributed by atoms with E-state index in [1.165, 1.54) is 0 Å². The maximum absolute atomic E-state index is 14.5. The molecule has 0 heterocycles. The van der Waals surface area contributed by atoms with Crippen LogP contribution in [0.25, 0.3) is 0 Å². The van der Waals surface area contributed by atoms with Gasteiger partial charge < -0.3 is 18.1 Å². The standard InChI is InChI=1S/C32H37NO6P2/c1-21-9-13-29(17-25(21)5)36-40(34,37-30-14-10-22(2)26(6)18-30)33-41(35,38-31-15-11-23(3)27(7)19-31)39-32-16-12-24(4)28(8)20-32/h9-20H,1-8H3,(H,33,34,35). The van der Waals surface area contributed by atoms with Crippen molar-refractivity contribution in [2.24, 2.45) is 0 Å². The highest BCUT2D eigenvalue weighted by atomic mass is 31.3. The first kappa shape index (κ1) is 30.5. The molecule has 0 atom stereocenters. The minimum Gasteiger partial charge on any atom is -0.404 e. The zero-order valence-corrected chi connectivity index (χ0v) is 26.6. The number of rotatable bonds is 10. The van der Waals surface area contributed by atoms with Gasteiger partial charge in [-0.1, -0.05) is 29.1 Å². The fourth-order valence-electron chi connectivity index (χ4n) is 3.91. The first-order valence-electron chi connectivity index (χ1n) is 13.3. The molecule has 0 bridgehead atoms. The van der Waals surface area contributed by atoms with Crippen LogP contribution in [-0.2, 0) is 9.13 Å². The molecule has 1 N–H and O–H groups in total. The lowest BCUT2D eigenvalue weighted by molar-refractivity contribution is 0.353. The number of hydrogen-bond donors (Lipinski definition) is 1. The smallest absolute Gasteiger partial charge is 0.404 e. The summed E-state index contributed by atoms with van der Waals surface area (Å²) < 4.78 is 52.8. The highest BCUT2D eigenvalue weighted by Crippen LogP contribution is 2.57. The van der Waals surface area contributed by atoms with E-state index in [1.54, 1.807) is 48.5 Å². The van der Waals surface area contributed by atoms with Gasteiger partial charge in [-0.25, -0.2) is 9.13 Å². The Hall–Kier alpha value is -3.50. The Balaban J connectivity index is 1.78. The molecular formula is C32H37NO6P2. The Labute approximate surface area is 243 Å². The van der Waals surface area contributed by atoms with Crippen LogP contribution in [0.1, 0.15) is 44.5 Å². The van der Waals surface area contributed by atoms with Crippen molar-refractivity contribution >= 4 is 15.5 Å². The van der Waals surface area contributed by atoms with Gasteiger partial charge in [-0.2, -0.15) is 0 Å². The number of benzene rings is 4. The van der Waals surface area contributed by atoms with Gasteiger partial charge in [-0.15, -0.1) is 0 Å². The molecule has 7 nitrogen and oxygen atoms in total. The summed E-state index contributed by atoms with van der Waals surface area (Å²) in [6.45, 7) is 15.5.